The van der Waals surface area contributed by atoms with Crippen molar-refractivity contribution >= 4 is 24.8 Å². The number of halogens is 2. The summed E-state index contributed by atoms with van der Waals surface area (Å²) in [4.78, 5) is 2.69. The quantitative estimate of drug-likeness (QED) is 0.752. The summed E-state index contributed by atoms with van der Waals surface area (Å²) in [6.07, 6.45) is 5.31. The van der Waals surface area contributed by atoms with E-state index in [2.05, 4.69) is 49.2 Å². The Kier molecular flexibility index (Phi) is 11.1. The molecule has 1 N–H and O–H groups in total. The van der Waals surface area contributed by atoms with Crippen molar-refractivity contribution in [1.82, 2.24) is 10.2 Å². The van der Waals surface area contributed by atoms with Crippen LogP contribution in [0.3, 0.4) is 0 Å². The first-order valence-corrected chi connectivity index (χ1v) is 8.25. The Balaban J connectivity index is 0.00000220. The molecule has 0 spiro atoms. The van der Waals surface area contributed by atoms with Gasteiger partial charge in [-0.15, -0.1) is 24.8 Å². The fourth-order valence-corrected chi connectivity index (χ4v) is 3.25. The molecular formula is C18H32Cl2N2. The number of hydrogen-bond acceptors (Lipinski definition) is 2. The van der Waals surface area contributed by atoms with E-state index in [0.717, 1.165) is 13.1 Å². The Morgan fingerprint density at radius 2 is 1.77 bits per heavy atom. The van der Waals surface area contributed by atoms with Crippen LogP contribution in [0.5, 0.6) is 0 Å². The maximum Gasteiger partial charge on any atom is 0.0351 e. The lowest BCUT2D eigenvalue weighted by Gasteiger charge is -2.36. The van der Waals surface area contributed by atoms with Gasteiger partial charge in [0.2, 0.25) is 0 Å². The number of unbranched alkanes of at least 4 members (excludes halogenated alkanes) is 2. The van der Waals surface area contributed by atoms with E-state index >= 15 is 0 Å². The number of piperazine rings is 1. The SMILES string of the molecule is CCCCC[C@H](c1cccc(C)c1C)N1CCNCC1.Cl.Cl. The second-order valence-corrected chi connectivity index (χ2v) is 6.09. The molecule has 1 heterocycles. The van der Waals surface area contributed by atoms with Gasteiger partial charge in [0.15, 0.2) is 0 Å². The molecule has 1 aromatic carbocycles. The molecule has 1 saturated heterocycles. The molecule has 1 aromatic rings. The van der Waals surface area contributed by atoms with Crippen LogP contribution in [0.1, 0.15) is 55.3 Å². The first kappa shape index (κ1) is 21.7. The van der Waals surface area contributed by atoms with Crippen molar-refractivity contribution in [1.29, 1.82) is 0 Å². The van der Waals surface area contributed by atoms with E-state index in [9.17, 15) is 0 Å². The Morgan fingerprint density at radius 3 is 2.41 bits per heavy atom. The van der Waals surface area contributed by atoms with Gasteiger partial charge in [-0.3, -0.25) is 4.90 Å². The number of nitrogens with one attached hydrogen (secondary N) is 1. The molecule has 2 rings (SSSR count). The van der Waals surface area contributed by atoms with Crippen LogP contribution in [-0.2, 0) is 0 Å². The van der Waals surface area contributed by atoms with E-state index in [4.69, 9.17) is 0 Å². The van der Waals surface area contributed by atoms with Crippen LogP contribution in [0.15, 0.2) is 18.2 Å². The highest BCUT2D eigenvalue weighted by atomic mass is 35.5. The van der Waals surface area contributed by atoms with Gasteiger partial charge in [0.05, 0.1) is 0 Å². The minimum absolute atomic E-state index is 0. The number of rotatable bonds is 6. The van der Waals surface area contributed by atoms with Crippen LogP contribution in [0.4, 0.5) is 0 Å². The van der Waals surface area contributed by atoms with Gasteiger partial charge < -0.3 is 5.32 Å². The molecule has 1 fully saturated rings. The van der Waals surface area contributed by atoms with E-state index in [1.165, 1.54) is 49.9 Å². The highest BCUT2D eigenvalue weighted by molar-refractivity contribution is 5.85. The second-order valence-electron chi connectivity index (χ2n) is 6.09. The molecule has 0 aliphatic carbocycles. The molecule has 0 bridgehead atoms. The third kappa shape index (κ3) is 5.73. The normalized spacial score (nSPS) is 16.5. The Labute approximate surface area is 148 Å². The number of benzene rings is 1. The summed E-state index contributed by atoms with van der Waals surface area (Å²) in [5.74, 6) is 0. The van der Waals surface area contributed by atoms with Gasteiger partial charge in [-0.25, -0.2) is 0 Å². The fourth-order valence-electron chi connectivity index (χ4n) is 3.25. The smallest absolute Gasteiger partial charge is 0.0351 e. The number of hydrogen-bond donors (Lipinski definition) is 1. The molecule has 1 atom stereocenters. The lowest BCUT2D eigenvalue weighted by atomic mass is 9.92. The summed E-state index contributed by atoms with van der Waals surface area (Å²) >= 11 is 0. The van der Waals surface area contributed by atoms with Crippen molar-refractivity contribution in [3.63, 3.8) is 0 Å². The van der Waals surface area contributed by atoms with Gasteiger partial charge >= 0.3 is 0 Å². The molecule has 0 unspecified atom stereocenters. The summed E-state index contributed by atoms with van der Waals surface area (Å²) < 4.78 is 0. The standard InChI is InChI=1S/C18H30N2.2ClH/c1-4-5-6-10-18(20-13-11-19-12-14-20)17-9-7-8-15(2)16(17)3;;/h7-9,18-19H,4-6,10-14H2,1-3H3;2*1H/t18-;;/m1../s1. The van der Waals surface area contributed by atoms with Crippen molar-refractivity contribution in [2.75, 3.05) is 26.2 Å². The molecular weight excluding hydrogens is 315 g/mol. The molecule has 22 heavy (non-hydrogen) atoms. The minimum Gasteiger partial charge on any atom is -0.314 e. The van der Waals surface area contributed by atoms with E-state index in [1.54, 1.807) is 5.56 Å². The Hall–Kier alpha value is -0.280. The summed E-state index contributed by atoms with van der Waals surface area (Å²) in [7, 11) is 0. The third-order valence-electron chi connectivity index (χ3n) is 4.68. The minimum atomic E-state index is 0. The van der Waals surface area contributed by atoms with E-state index < -0.39 is 0 Å². The maximum absolute atomic E-state index is 3.47. The van der Waals surface area contributed by atoms with Crippen molar-refractivity contribution in [3.8, 4) is 0 Å². The number of nitrogens with zero attached hydrogens (tertiary/aromatic N) is 1. The molecule has 0 amide bonds. The lowest BCUT2D eigenvalue weighted by molar-refractivity contribution is 0.162. The van der Waals surface area contributed by atoms with Crippen LogP contribution >= 0.6 is 24.8 Å². The van der Waals surface area contributed by atoms with Crippen LogP contribution in [0.2, 0.25) is 0 Å². The summed E-state index contributed by atoms with van der Waals surface area (Å²) in [5.41, 5.74) is 4.48. The van der Waals surface area contributed by atoms with Crippen LogP contribution in [0.25, 0.3) is 0 Å². The van der Waals surface area contributed by atoms with E-state index in [0.29, 0.717) is 6.04 Å². The summed E-state index contributed by atoms with van der Waals surface area (Å²) in [6, 6.07) is 7.43. The molecule has 0 radical (unpaired) electrons. The molecule has 1 aliphatic heterocycles. The monoisotopic (exact) mass is 346 g/mol. The molecule has 1 aliphatic rings. The van der Waals surface area contributed by atoms with Gasteiger partial charge in [0, 0.05) is 32.2 Å². The molecule has 4 heteroatoms. The zero-order valence-electron chi connectivity index (χ0n) is 14.2. The number of aryl methyl sites for hydroxylation is 1. The van der Waals surface area contributed by atoms with Gasteiger partial charge in [-0.2, -0.15) is 0 Å². The first-order valence-electron chi connectivity index (χ1n) is 8.25. The van der Waals surface area contributed by atoms with Gasteiger partial charge in [-0.1, -0.05) is 44.4 Å². The van der Waals surface area contributed by atoms with Crippen LogP contribution in [0, 0.1) is 13.8 Å². The summed E-state index contributed by atoms with van der Waals surface area (Å²) in [5, 5.41) is 3.47. The summed E-state index contributed by atoms with van der Waals surface area (Å²) in [6.45, 7) is 11.5. The van der Waals surface area contributed by atoms with Crippen molar-refractivity contribution < 1.29 is 0 Å². The zero-order valence-corrected chi connectivity index (χ0v) is 15.9. The van der Waals surface area contributed by atoms with Crippen molar-refractivity contribution in [2.45, 2.75) is 52.5 Å². The average molecular weight is 347 g/mol. The zero-order chi connectivity index (χ0) is 14.4. The highest BCUT2D eigenvalue weighted by Gasteiger charge is 2.23. The van der Waals surface area contributed by atoms with Crippen LogP contribution < -0.4 is 5.32 Å². The van der Waals surface area contributed by atoms with E-state index in [-0.39, 0.29) is 24.8 Å². The van der Waals surface area contributed by atoms with Crippen LogP contribution in [-0.4, -0.2) is 31.1 Å². The fraction of sp³-hybridized carbons (Fsp3) is 0.667. The largest absolute Gasteiger partial charge is 0.314 e. The molecule has 0 saturated carbocycles. The Morgan fingerprint density at radius 1 is 1.09 bits per heavy atom. The topological polar surface area (TPSA) is 15.3 Å². The predicted octanol–water partition coefficient (Wildman–Crippen LogP) is 4.67. The van der Waals surface area contributed by atoms with E-state index in [1.807, 2.05) is 0 Å². The van der Waals surface area contributed by atoms with Gasteiger partial charge in [-0.05, 0) is 37.0 Å². The third-order valence-corrected chi connectivity index (χ3v) is 4.68. The first-order chi connectivity index (χ1) is 9.74. The lowest BCUT2D eigenvalue weighted by Crippen LogP contribution is -2.45. The van der Waals surface area contributed by atoms with Gasteiger partial charge in [0.25, 0.3) is 0 Å². The second kappa shape index (κ2) is 11.3. The average Bonchev–Trinajstić information content (AvgIpc) is 2.48. The molecule has 0 aromatic heterocycles. The van der Waals surface area contributed by atoms with Gasteiger partial charge in [0.1, 0.15) is 0 Å². The highest BCUT2D eigenvalue weighted by Crippen LogP contribution is 2.30. The maximum atomic E-state index is 3.47. The predicted molar refractivity (Wildman–Crippen MR) is 102 cm³/mol. The molecule has 128 valence electrons. The van der Waals surface area contributed by atoms with Crippen molar-refractivity contribution in [3.05, 3.63) is 34.9 Å². The van der Waals surface area contributed by atoms with Crippen molar-refractivity contribution in [2.24, 2.45) is 0 Å². The Bertz CT molecular complexity index is 418. The molecule has 2 nitrogen and oxygen atoms in total.